The SMILES string of the molecule is CCc1cc2c(N(C)C(C)C(C)C)nc(NC)nc2s1. The van der Waals surface area contributed by atoms with Crippen LogP contribution in [0.5, 0.6) is 0 Å². The fourth-order valence-electron chi connectivity index (χ4n) is 2.15. The Kier molecular flexibility index (Phi) is 4.48. The number of thiophene rings is 1. The maximum atomic E-state index is 4.68. The molecule has 0 saturated carbocycles. The molecule has 20 heavy (non-hydrogen) atoms. The minimum absolute atomic E-state index is 0.433. The van der Waals surface area contributed by atoms with Gasteiger partial charge < -0.3 is 10.2 Å². The molecule has 1 unspecified atom stereocenters. The van der Waals surface area contributed by atoms with E-state index in [9.17, 15) is 0 Å². The Morgan fingerprint density at radius 1 is 1.30 bits per heavy atom. The van der Waals surface area contributed by atoms with Crippen LogP contribution in [0.4, 0.5) is 11.8 Å². The first-order valence-electron chi connectivity index (χ1n) is 7.19. The Bertz CT molecular complexity index is 591. The number of hydrogen-bond donors (Lipinski definition) is 1. The molecule has 0 aliphatic heterocycles. The number of fused-ring (bicyclic) bond motifs is 1. The van der Waals surface area contributed by atoms with Crippen molar-refractivity contribution in [1.29, 1.82) is 0 Å². The van der Waals surface area contributed by atoms with Gasteiger partial charge in [0.2, 0.25) is 5.95 Å². The number of nitrogens with zero attached hydrogens (tertiary/aromatic N) is 3. The van der Waals surface area contributed by atoms with E-state index in [0.717, 1.165) is 17.1 Å². The van der Waals surface area contributed by atoms with Gasteiger partial charge >= 0.3 is 0 Å². The summed E-state index contributed by atoms with van der Waals surface area (Å²) in [6, 6.07) is 2.67. The summed E-state index contributed by atoms with van der Waals surface area (Å²) in [6.45, 7) is 8.90. The lowest BCUT2D eigenvalue weighted by Crippen LogP contribution is -2.34. The van der Waals surface area contributed by atoms with Gasteiger partial charge in [0.1, 0.15) is 10.6 Å². The van der Waals surface area contributed by atoms with Gasteiger partial charge in [-0.3, -0.25) is 0 Å². The second kappa shape index (κ2) is 5.95. The van der Waals surface area contributed by atoms with Crippen LogP contribution in [0.1, 0.15) is 32.6 Å². The van der Waals surface area contributed by atoms with Crippen LogP contribution >= 0.6 is 11.3 Å². The van der Waals surface area contributed by atoms with Crippen LogP contribution in [0.2, 0.25) is 0 Å². The third kappa shape index (κ3) is 2.73. The molecule has 0 radical (unpaired) electrons. The van der Waals surface area contributed by atoms with Crippen molar-refractivity contribution in [3.05, 3.63) is 10.9 Å². The second-order valence-electron chi connectivity index (χ2n) is 5.50. The Morgan fingerprint density at radius 3 is 2.55 bits per heavy atom. The highest BCUT2D eigenvalue weighted by atomic mass is 32.1. The summed E-state index contributed by atoms with van der Waals surface area (Å²) < 4.78 is 0. The fourth-order valence-corrected chi connectivity index (χ4v) is 3.11. The number of hydrogen-bond acceptors (Lipinski definition) is 5. The van der Waals surface area contributed by atoms with Crippen LogP contribution in [0.15, 0.2) is 6.07 Å². The lowest BCUT2D eigenvalue weighted by atomic mass is 10.1. The van der Waals surface area contributed by atoms with Crippen LogP contribution in [0.3, 0.4) is 0 Å². The van der Waals surface area contributed by atoms with Crippen LogP contribution < -0.4 is 10.2 Å². The van der Waals surface area contributed by atoms with Crippen LogP contribution in [-0.4, -0.2) is 30.1 Å². The van der Waals surface area contributed by atoms with Gasteiger partial charge in [-0.2, -0.15) is 4.98 Å². The maximum Gasteiger partial charge on any atom is 0.225 e. The van der Waals surface area contributed by atoms with Gasteiger partial charge in [0.05, 0.1) is 5.39 Å². The zero-order valence-corrected chi connectivity index (χ0v) is 14.0. The van der Waals surface area contributed by atoms with E-state index in [-0.39, 0.29) is 0 Å². The average molecular weight is 292 g/mol. The van der Waals surface area contributed by atoms with Gasteiger partial charge in [-0.15, -0.1) is 11.3 Å². The van der Waals surface area contributed by atoms with E-state index < -0.39 is 0 Å². The molecule has 2 rings (SSSR count). The van der Waals surface area contributed by atoms with Crippen molar-refractivity contribution in [2.24, 2.45) is 5.92 Å². The Labute approximate surface area is 125 Å². The molecule has 0 aliphatic carbocycles. The molecule has 110 valence electrons. The summed E-state index contributed by atoms with van der Waals surface area (Å²) in [5, 5.41) is 4.24. The van der Waals surface area contributed by atoms with Gasteiger partial charge in [-0.25, -0.2) is 4.98 Å². The van der Waals surface area contributed by atoms with Gasteiger partial charge in [0, 0.05) is 25.0 Å². The van der Waals surface area contributed by atoms with E-state index in [1.54, 1.807) is 11.3 Å². The first-order valence-corrected chi connectivity index (χ1v) is 8.00. The quantitative estimate of drug-likeness (QED) is 0.910. The number of nitrogens with one attached hydrogen (secondary N) is 1. The predicted molar refractivity (Wildman–Crippen MR) is 89.0 cm³/mol. The minimum atomic E-state index is 0.433. The molecule has 2 aromatic rings. The molecule has 0 spiro atoms. The molecule has 1 atom stereocenters. The van der Waals surface area contributed by atoms with Crippen LogP contribution in [0, 0.1) is 5.92 Å². The van der Waals surface area contributed by atoms with E-state index in [2.05, 4.69) is 61.0 Å². The predicted octanol–water partition coefficient (Wildman–Crippen LogP) is 3.78. The highest BCUT2D eigenvalue weighted by Crippen LogP contribution is 2.33. The standard InChI is InChI=1S/C15H24N4S/c1-7-11-8-12-13(19(6)10(4)9(2)3)17-15(16-5)18-14(12)20-11/h8-10H,7H2,1-6H3,(H,16,17,18). The summed E-state index contributed by atoms with van der Waals surface area (Å²) in [7, 11) is 3.99. The number of aryl methyl sites for hydroxylation is 1. The molecule has 2 heterocycles. The molecule has 0 amide bonds. The van der Waals surface area contributed by atoms with Crippen molar-refractivity contribution in [2.75, 3.05) is 24.3 Å². The maximum absolute atomic E-state index is 4.68. The summed E-state index contributed by atoms with van der Waals surface area (Å²) in [6.07, 6.45) is 1.04. The summed E-state index contributed by atoms with van der Waals surface area (Å²) in [5.41, 5.74) is 0. The van der Waals surface area contributed by atoms with E-state index >= 15 is 0 Å². The Balaban J connectivity index is 2.57. The molecule has 0 aliphatic rings. The van der Waals surface area contributed by atoms with E-state index in [4.69, 9.17) is 0 Å². The molecule has 0 saturated heterocycles. The lowest BCUT2D eigenvalue weighted by molar-refractivity contribution is 0.503. The van der Waals surface area contributed by atoms with Crippen molar-refractivity contribution in [3.8, 4) is 0 Å². The average Bonchev–Trinajstić information content (AvgIpc) is 2.87. The topological polar surface area (TPSA) is 41.1 Å². The molecule has 0 bridgehead atoms. The second-order valence-corrected chi connectivity index (χ2v) is 6.62. The third-order valence-corrected chi connectivity index (χ3v) is 5.08. The first-order chi connectivity index (χ1) is 9.47. The number of aromatic nitrogens is 2. The normalized spacial score (nSPS) is 12.9. The van der Waals surface area contributed by atoms with Crippen LogP contribution in [-0.2, 0) is 6.42 Å². The Hall–Kier alpha value is -1.36. The molecule has 1 N–H and O–H groups in total. The lowest BCUT2D eigenvalue weighted by Gasteiger charge is -2.29. The van der Waals surface area contributed by atoms with Gasteiger partial charge in [-0.05, 0) is 25.3 Å². The zero-order chi connectivity index (χ0) is 14.9. The van der Waals surface area contributed by atoms with Crippen molar-refractivity contribution >= 4 is 33.3 Å². The number of rotatable bonds is 5. The monoisotopic (exact) mass is 292 g/mol. The van der Waals surface area contributed by atoms with Crippen molar-refractivity contribution in [2.45, 2.75) is 40.2 Å². The highest BCUT2D eigenvalue weighted by Gasteiger charge is 2.19. The molecule has 0 fully saturated rings. The van der Waals surface area contributed by atoms with Crippen molar-refractivity contribution in [3.63, 3.8) is 0 Å². The van der Waals surface area contributed by atoms with Crippen molar-refractivity contribution in [1.82, 2.24) is 9.97 Å². The summed E-state index contributed by atoms with van der Waals surface area (Å²) in [5.74, 6) is 2.30. The molecule has 5 heteroatoms. The summed E-state index contributed by atoms with van der Waals surface area (Å²) in [4.78, 5) is 13.9. The molecule has 0 aromatic carbocycles. The van der Waals surface area contributed by atoms with Crippen molar-refractivity contribution < 1.29 is 0 Å². The van der Waals surface area contributed by atoms with Gasteiger partial charge in [-0.1, -0.05) is 20.8 Å². The molecule has 2 aromatic heterocycles. The minimum Gasteiger partial charge on any atom is -0.357 e. The third-order valence-electron chi connectivity index (χ3n) is 3.91. The fraction of sp³-hybridized carbons (Fsp3) is 0.600. The largest absolute Gasteiger partial charge is 0.357 e. The highest BCUT2D eigenvalue weighted by molar-refractivity contribution is 7.18. The van der Waals surface area contributed by atoms with E-state index in [1.165, 1.54) is 10.3 Å². The molecular weight excluding hydrogens is 268 g/mol. The molecule has 4 nitrogen and oxygen atoms in total. The van der Waals surface area contributed by atoms with E-state index in [0.29, 0.717) is 17.9 Å². The smallest absolute Gasteiger partial charge is 0.225 e. The number of anilines is 2. The zero-order valence-electron chi connectivity index (χ0n) is 13.2. The van der Waals surface area contributed by atoms with Gasteiger partial charge in [0.15, 0.2) is 0 Å². The molecular formula is C15H24N4S. The first kappa shape index (κ1) is 15.0. The van der Waals surface area contributed by atoms with Crippen LogP contribution in [0.25, 0.3) is 10.2 Å². The van der Waals surface area contributed by atoms with E-state index in [1.807, 2.05) is 7.05 Å². The Morgan fingerprint density at radius 2 is 2.00 bits per heavy atom. The van der Waals surface area contributed by atoms with Gasteiger partial charge in [0.25, 0.3) is 0 Å². The summed E-state index contributed by atoms with van der Waals surface area (Å²) >= 11 is 1.76.